The molecule has 0 heterocycles. The van der Waals surface area contributed by atoms with E-state index < -0.39 is 5.60 Å². The Morgan fingerprint density at radius 1 is 1.15 bits per heavy atom. The van der Waals surface area contributed by atoms with Gasteiger partial charge in [-0.25, -0.2) is 0 Å². The van der Waals surface area contributed by atoms with Gasteiger partial charge in [-0.2, -0.15) is 0 Å². The van der Waals surface area contributed by atoms with Gasteiger partial charge >= 0.3 is 0 Å². The van der Waals surface area contributed by atoms with Crippen molar-refractivity contribution in [2.24, 2.45) is 11.7 Å². The van der Waals surface area contributed by atoms with Crippen LogP contribution in [0.3, 0.4) is 0 Å². The van der Waals surface area contributed by atoms with E-state index in [4.69, 9.17) is 5.73 Å². The molecule has 0 aliphatic heterocycles. The summed E-state index contributed by atoms with van der Waals surface area (Å²) in [5.74, 6) is 0.350. The molecule has 0 aromatic rings. The molecule has 0 amide bonds. The Labute approximate surface area is 82.5 Å². The number of hydrogen-bond acceptors (Lipinski definition) is 2. The summed E-state index contributed by atoms with van der Waals surface area (Å²) in [6, 6.07) is -0.0904. The highest BCUT2D eigenvalue weighted by atomic mass is 16.3. The Balaban J connectivity index is 4.36. The van der Waals surface area contributed by atoms with E-state index in [9.17, 15) is 5.11 Å². The summed E-state index contributed by atoms with van der Waals surface area (Å²) in [5, 5.41) is 10.3. The van der Waals surface area contributed by atoms with Crippen molar-refractivity contribution in [2.75, 3.05) is 0 Å². The molecule has 13 heavy (non-hydrogen) atoms. The van der Waals surface area contributed by atoms with Crippen LogP contribution in [0.2, 0.25) is 0 Å². The average molecular weight is 187 g/mol. The lowest BCUT2D eigenvalue weighted by molar-refractivity contribution is -0.0168. The molecule has 2 nitrogen and oxygen atoms in total. The highest BCUT2D eigenvalue weighted by Crippen LogP contribution is 2.26. The van der Waals surface area contributed by atoms with E-state index in [-0.39, 0.29) is 6.04 Å². The normalized spacial score (nSPS) is 15.0. The zero-order chi connectivity index (χ0) is 10.5. The summed E-state index contributed by atoms with van der Waals surface area (Å²) in [5.41, 5.74) is 5.38. The van der Waals surface area contributed by atoms with Crippen LogP contribution >= 0.6 is 0 Å². The molecule has 80 valence electrons. The van der Waals surface area contributed by atoms with Crippen LogP contribution in [0.25, 0.3) is 0 Å². The van der Waals surface area contributed by atoms with E-state index >= 15 is 0 Å². The second-order valence-corrected chi connectivity index (χ2v) is 4.37. The first kappa shape index (κ1) is 12.9. The molecule has 0 rings (SSSR count). The predicted molar refractivity (Wildman–Crippen MR) is 57.6 cm³/mol. The van der Waals surface area contributed by atoms with Gasteiger partial charge in [-0.1, -0.05) is 40.5 Å². The molecule has 0 saturated heterocycles. The SMILES string of the molecule is CCCC(O)(CCC)C(N)C(C)C. The molecule has 1 unspecified atom stereocenters. The molecule has 0 aliphatic rings. The highest BCUT2D eigenvalue weighted by Gasteiger charge is 2.33. The Morgan fingerprint density at radius 3 is 1.77 bits per heavy atom. The van der Waals surface area contributed by atoms with Gasteiger partial charge in [0.25, 0.3) is 0 Å². The Hall–Kier alpha value is -0.0800. The summed E-state index contributed by atoms with van der Waals surface area (Å²) in [4.78, 5) is 0. The number of aliphatic hydroxyl groups is 1. The molecule has 0 radical (unpaired) electrons. The average Bonchev–Trinajstić information content (AvgIpc) is 2.03. The molecule has 0 spiro atoms. The van der Waals surface area contributed by atoms with Crippen molar-refractivity contribution in [3.05, 3.63) is 0 Å². The van der Waals surface area contributed by atoms with Gasteiger partial charge in [0.05, 0.1) is 5.60 Å². The van der Waals surface area contributed by atoms with Crippen molar-refractivity contribution in [1.82, 2.24) is 0 Å². The maximum absolute atomic E-state index is 10.3. The monoisotopic (exact) mass is 187 g/mol. The standard InChI is InChI=1S/C11H25NO/c1-5-7-11(13,8-6-2)10(12)9(3)4/h9-10,13H,5-8,12H2,1-4H3. The van der Waals surface area contributed by atoms with Gasteiger partial charge in [-0.15, -0.1) is 0 Å². The van der Waals surface area contributed by atoms with Gasteiger partial charge in [-0.3, -0.25) is 0 Å². The van der Waals surface area contributed by atoms with Crippen LogP contribution in [-0.2, 0) is 0 Å². The van der Waals surface area contributed by atoms with Crippen LogP contribution in [0, 0.1) is 5.92 Å². The van der Waals surface area contributed by atoms with Crippen LogP contribution in [0.4, 0.5) is 0 Å². The second kappa shape index (κ2) is 5.61. The minimum Gasteiger partial charge on any atom is -0.388 e. The van der Waals surface area contributed by atoms with Gasteiger partial charge in [0.2, 0.25) is 0 Å². The quantitative estimate of drug-likeness (QED) is 0.670. The molecule has 3 N–H and O–H groups in total. The van der Waals surface area contributed by atoms with E-state index in [1.165, 1.54) is 0 Å². The second-order valence-electron chi connectivity index (χ2n) is 4.37. The largest absolute Gasteiger partial charge is 0.388 e. The van der Waals surface area contributed by atoms with Crippen LogP contribution in [0.1, 0.15) is 53.4 Å². The predicted octanol–water partition coefficient (Wildman–Crippen LogP) is 2.30. The Morgan fingerprint density at radius 2 is 1.54 bits per heavy atom. The van der Waals surface area contributed by atoms with Crippen LogP contribution in [0.5, 0.6) is 0 Å². The fourth-order valence-corrected chi connectivity index (χ4v) is 1.94. The van der Waals surface area contributed by atoms with Gasteiger partial charge in [-0.05, 0) is 18.8 Å². The summed E-state index contributed by atoms with van der Waals surface area (Å²) >= 11 is 0. The molecular weight excluding hydrogens is 162 g/mol. The molecular formula is C11H25NO. The van der Waals surface area contributed by atoms with E-state index in [1.807, 2.05) is 0 Å². The molecule has 0 aliphatic carbocycles. The molecule has 1 atom stereocenters. The first-order valence-electron chi connectivity index (χ1n) is 5.45. The van der Waals surface area contributed by atoms with Crippen molar-refractivity contribution in [2.45, 2.75) is 65.0 Å². The van der Waals surface area contributed by atoms with Gasteiger partial charge in [0.15, 0.2) is 0 Å². The summed E-state index contributed by atoms with van der Waals surface area (Å²) < 4.78 is 0. The fraction of sp³-hybridized carbons (Fsp3) is 1.00. The third kappa shape index (κ3) is 3.65. The maximum Gasteiger partial charge on any atom is 0.0800 e. The van der Waals surface area contributed by atoms with Crippen molar-refractivity contribution < 1.29 is 5.11 Å². The highest BCUT2D eigenvalue weighted by molar-refractivity contribution is 4.90. The van der Waals surface area contributed by atoms with Crippen LogP contribution in [0.15, 0.2) is 0 Å². The zero-order valence-electron chi connectivity index (χ0n) is 9.51. The Kier molecular flexibility index (Phi) is 5.57. The van der Waals surface area contributed by atoms with Crippen LogP contribution in [-0.4, -0.2) is 16.7 Å². The van der Waals surface area contributed by atoms with Gasteiger partial charge < -0.3 is 10.8 Å². The third-order valence-electron chi connectivity index (χ3n) is 2.70. The molecule has 0 aromatic heterocycles. The van der Waals surface area contributed by atoms with Crippen molar-refractivity contribution >= 4 is 0 Å². The topological polar surface area (TPSA) is 46.2 Å². The van der Waals surface area contributed by atoms with E-state index in [0.29, 0.717) is 5.92 Å². The summed E-state index contributed by atoms with van der Waals surface area (Å²) in [7, 11) is 0. The van der Waals surface area contributed by atoms with E-state index in [1.54, 1.807) is 0 Å². The summed E-state index contributed by atoms with van der Waals surface area (Å²) in [6.07, 6.45) is 3.63. The van der Waals surface area contributed by atoms with Gasteiger partial charge in [0, 0.05) is 6.04 Å². The number of nitrogens with two attached hydrogens (primary N) is 1. The minimum absolute atomic E-state index is 0.0904. The van der Waals surface area contributed by atoms with Crippen molar-refractivity contribution in [1.29, 1.82) is 0 Å². The first-order chi connectivity index (χ1) is 5.98. The Bertz CT molecular complexity index is 128. The third-order valence-corrected chi connectivity index (χ3v) is 2.70. The number of hydrogen-bond donors (Lipinski definition) is 2. The lowest BCUT2D eigenvalue weighted by Gasteiger charge is -2.36. The van der Waals surface area contributed by atoms with E-state index in [2.05, 4.69) is 27.7 Å². The fourth-order valence-electron chi connectivity index (χ4n) is 1.94. The summed E-state index contributed by atoms with van der Waals surface area (Å²) in [6.45, 7) is 8.32. The molecule has 0 saturated carbocycles. The number of rotatable bonds is 6. The smallest absolute Gasteiger partial charge is 0.0800 e. The zero-order valence-corrected chi connectivity index (χ0v) is 9.51. The van der Waals surface area contributed by atoms with Crippen LogP contribution < -0.4 is 5.73 Å². The maximum atomic E-state index is 10.3. The first-order valence-corrected chi connectivity index (χ1v) is 5.45. The lowest BCUT2D eigenvalue weighted by atomic mass is 9.80. The molecule has 0 bridgehead atoms. The molecule has 0 fully saturated rings. The minimum atomic E-state index is -0.641. The van der Waals surface area contributed by atoms with Crippen molar-refractivity contribution in [3.8, 4) is 0 Å². The van der Waals surface area contributed by atoms with E-state index in [0.717, 1.165) is 25.7 Å². The van der Waals surface area contributed by atoms with Gasteiger partial charge in [0.1, 0.15) is 0 Å². The lowest BCUT2D eigenvalue weighted by Crippen LogP contribution is -2.50. The molecule has 0 aromatic carbocycles. The van der Waals surface area contributed by atoms with Crippen molar-refractivity contribution in [3.63, 3.8) is 0 Å². The molecule has 2 heteroatoms.